The molecule has 0 saturated heterocycles. The molecule has 150 valence electrons. The Kier molecular flexibility index (Phi) is 6.50. The summed E-state index contributed by atoms with van der Waals surface area (Å²) in [6.45, 7) is 3.22. The van der Waals surface area contributed by atoms with E-state index in [1.54, 1.807) is 43.3 Å². The highest BCUT2D eigenvalue weighted by Crippen LogP contribution is 2.28. The number of anilines is 2. The Labute approximate surface area is 179 Å². The Bertz CT molecular complexity index is 1030. The minimum Gasteiger partial charge on any atom is -0.459 e. The van der Waals surface area contributed by atoms with Crippen molar-refractivity contribution in [1.29, 1.82) is 0 Å². The second-order valence-electron chi connectivity index (χ2n) is 6.10. The largest absolute Gasteiger partial charge is 0.459 e. The Hall–Kier alpha value is -2.91. The highest BCUT2D eigenvalue weighted by molar-refractivity contribution is 9.10. The number of esters is 1. The second kappa shape index (κ2) is 9.06. The fourth-order valence-corrected chi connectivity index (χ4v) is 3.59. The number of amides is 2. The third-order valence-electron chi connectivity index (χ3n) is 3.85. The van der Waals surface area contributed by atoms with Gasteiger partial charge in [-0.1, -0.05) is 15.9 Å². The summed E-state index contributed by atoms with van der Waals surface area (Å²) in [4.78, 5) is 37.1. The molecule has 3 rings (SSSR count). The zero-order valence-corrected chi connectivity index (χ0v) is 17.9. The maximum Gasteiger partial charge on any atom is 0.349 e. The lowest BCUT2D eigenvalue weighted by molar-refractivity contribution is -0.123. The lowest BCUT2D eigenvalue weighted by atomic mass is 10.2. The number of benzene rings is 1. The first-order valence-electron chi connectivity index (χ1n) is 8.56. The van der Waals surface area contributed by atoms with E-state index in [4.69, 9.17) is 9.15 Å². The molecule has 1 atom stereocenters. The molecule has 2 aromatic heterocycles. The summed E-state index contributed by atoms with van der Waals surface area (Å²) in [7, 11) is 0. The van der Waals surface area contributed by atoms with Crippen LogP contribution in [0.3, 0.4) is 0 Å². The van der Waals surface area contributed by atoms with Crippen LogP contribution < -0.4 is 10.6 Å². The van der Waals surface area contributed by atoms with Gasteiger partial charge >= 0.3 is 5.97 Å². The van der Waals surface area contributed by atoms with Crippen molar-refractivity contribution in [1.82, 2.24) is 0 Å². The van der Waals surface area contributed by atoms with Gasteiger partial charge in [-0.15, -0.1) is 11.3 Å². The van der Waals surface area contributed by atoms with Crippen molar-refractivity contribution in [3.05, 3.63) is 69.4 Å². The maximum atomic E-state index is 12.5. The van der Waals surface area contributed by atoms with Crippen LogP contribution in [0.1, 0.15) is 32.7 Å². The van der Waals surface area contributed by atoms with Gasteiger partial charge in [-0.2, -0.15) is 0 Å². The van der Waals surface area contributed by atoms with Crippen LogP contribution in [0.5, 0.6) is 0 Å². The Morgan fingerprint density at radius 3 is 2.52 bits per heavy atom. The second-order valence-corrected chi connectivity index (χ2v) is 8.07. The highest BCUT2D eigenvalue weighted by atomic mass is 79.9. The lowest BCUT2D eigenvalue weighted by Crippen LogP contribution is -2.29. The topological polar surface area (TPSA) is 97.6 Å². The van der Waals surface area contributed by atoms with Crippen molar-refractivity contribution in [3.63, 3.8) is 0 Å². The van der Waals surface area contributed by atoms with Crippen LogP contribution in [-0.4, -0.2) is 23.9 Å². The molecule has 3 aromatic rings. The molecule has 2 N–H and O–H groups in total. The first-order chi connectivity index (χ1) is 13.8. The zero-order chi connectivity index (χ0) is 21.0. The first-order valence-corrected chi connectivity index (χ1v) is 10.2. The van der Waals surface area contributed by atoms with Gasteiger partial charge in [-0.25, -0.2) is 4.79 Å². The molecule has 0 fully saturated rings. The number of furan rings is 1. The summed E-state index contributed by atoms with van der Waals surface area (Å²) in [6.07, 6.45) is 0.409. The Morgan fingerprint density at radius 1 is 1.14 bits per heavy atom. The average molecular weight is 477 g/mol. The van der Waals surface area contributed by atoms with E-state index in [0.29, 0.717) is 21.1 Å². The van der Waals surface area contributed by atoms with Crippen molar-refractivity contribution < 1.29 is 23.5 Å². The number of thiophene rings is 1. The molecular weight excluding hydrogens is 460 g/mol. The van der Waals surface area contributed by atoms with Crippen LogP contribution in [0.15, 0.2) is 57.6 Å². The van der Waals surface area contributed by atoms with E-state index in [2.05, 4.69) is 26.6 Å². The minimum absolute atomic E-state index is 0.165. The summed E-state index contributed by atoms with van der Waals surface area (Å²) < 4.78 is 11.2. The molecule has 0 aliphatic heterocycles. The molecule has 0 spiro atoms. The smallest absolute Gasteiger partial charge is 0.349 e. The quantitative estimate of drug-likeness (QED) is 0.495. The summed E-state index contributed by atoms with van der Waals surface area (Å²) in [5.41, 5.74) is 1.23. The van der Waals surface area contributed by atoms with Crippen molar-refractivity contribution in [2.24, 2.45) is 0 Å². The van der Waals surface area contributed by atoms with Crippen molar-refractivity contribution in [2.45, 2.75) is 20.0 Å². The van der Waals surface area contributed by atoms with Crippen LogP contribution in [0.2, 0.25) is 0 Å². The fraction of sp³-hybridized carbons (Fsp3) is 0.150. The Balaban J connectivity index is 1.61. The number of carbonyl (C=O) groups is 3. The molecule has 2 amide bonds. The number of halogens is 1. The Morgan fingerprint density at radius 2 is 1.86 bits per heavy atom. The van der Waals surface area contributed by atoms with Crippen LogP contribution in [0, 0.1) is 6.92 Å². The van der Waals surface area contributed by atoms with E-state index in [9.17, 15) is 14.4 Å². The SMILES string of the molecule is Cc1cc(NC(=O)c2ccco2)sc1C(=O)OC(C)C(=O)Nc1ccc(Br)cc1. The van der Waals surface area contributed by atoms with Gasteiger partial charge in [0.1, 0.15) is 4.88 Å². The molecule has 1 unspecified atom stereocenters. The monoisotopic (exact) mass is 476 g/mol. The third-order valence-corrected chi connectivity index (χ3v) is 5.51. The van der Waals surface area contributed by atoms with E-state index in [-0.39, 0.29) is 5.76 Å². The van der Waals surface area contributed by atoms with E-state index in [1.165, 1.54) is 19.3 Å². The van der Waals surface area contributed by atoms with Gasteiger partial charge in [-0.3, -0.25) is 9.59 Å². The predicted octanol–water partition coefficient (Wildman–Crippen LogP) is 4.85. The number of aryl methyl sites for hydroxylation is 1. The number of hydrogen-bond donors (Lipinski definition) is 2. The van der Waals surface area contributed by atoms with Gasteiger partial charge in [-0.05, 0) is 61.9 Å². The van der Waals surface area contributed by atoms with Gasteiger partial charge in [0, 0.05) is 10.2 Å². The normalized spacial score (nSPS) is 11.6. The van der Waals surface area contributed by atoms with Crippen molar-refractivity contribution in [3.8, 4) is 0 Å². The predicted molar refractivity (Wildman–Crippen MR) is 113 cm³/mol. The summed E-state index contributed by atoms with van der Waals surface area (Å²) >= 11 is 4.39. The molecule has 7 nitrogen and oxygen atoms in total. The summed E-state index contributed by atoms with van der Waals surface area (Å²) in [6, 6.07) is 11.9. The number of rotatable bonds is 6. The van der Waals surface area contributed by atoms with Crippen LogP contribution in [0.4, 0.5) is 10.7 Å². The van der Waals surface area contributed by atoms with Gasteiger partial charge in [0.15, 0.2) is 11.9 Å². The molecule has 0 saturated carbocycles. The number of hydrogen-bond acceptors (Lipinski definition) is 6. The van der Waals surface area contributed by atoms with Crippen LogP contribution >= 0.6 is 27.3 Å². The highest BCUT2D eigenvalue weighted by Gasteiger charge is 2.23. The van der Waals surface area contributed by atoms with E-state index in [0.717, 1.165) is 15.8 Å². The fourth-order valence-electron chi connectivity index (χ4n) is 2.37. The van der Waals surface area contributed by atoms with Gasteiger partial charge < -0.3 is 19.8 Å². The molecular formula is C20H17BrN2O5S. The minimum atomic E-state index is -0.992. The molecule has 0 aliphatic carbocycles. The molecule has 0 aliphatic rings. The average Bonchev–Trinajstić information content (AvgIpc) is 3.33. The van der Waals surface area contributed by atoms with E-state index < -0.39 is 23.9 Å². The van der Waals surface area contributed by atoms with E-state index >= 15 is 0 Å². The van der Waals surface area contributed by atoms with Gasteiger partial charge in [0.25, 0.3) is 11.8 Å². The zero-order valence-electron chi connectivity index (χ0n) is 15.5. The number of ether oxygens (including phenoxy) is 1. The van der Waals surface area contributed by atoms with Crippen molar-refractivity contribution in [2.75, 3.05) is 10.6 Å². The first kappa shape index (κ1) is 20.8. The third kappa shape index (κ3) is 5.33. The maximum absolute atomic E-state index is 12.5. The molecule has 9 heteroatoms. The van der Waals surface area contributed by atoms with Crippen molar-refractivity contribution >= 4 is 55.7 Å². The molecule has 2 heterocycles. The van der Waals surface area contributed by atoms with Crippen LogP contribution in [0.25, 0.3) is 0 Å². The molecule has 0 bridgehead atoms. The lowest BCUT2D eigenvalue weighted by Gasteiger charge is -2.13. The molecule has 1 aromatic carbocycles. The molecule has 29 heavy (non-hydrogen) atoms. The summed E-state index contributed by atoms with van der Waals surface area (Å²) in [5.74, 6) is -1.33. The summed E-state index contributed by atoms with van der Waals surface area (Å²) in [5, 5.41) is 5.83. The van der Waals surface area contributed by atoms with Gasteiger partial charge in [0.05, 0.1) is 11.3 Å². The number of nitrogens with one attached hydrogen (secondary N) is 2. The van der Waals surface area contributed by atoms with Crippen LogP contribution in [-0.2, 0) is 9.53 Å². The number of carbonyl (C=O) groups excluding carboxylic acids is 3. The van der Waals surface area contributed by atoms with E-state index in [1.807, 2.05) is 0 Å². The standard InChI is InChI=1S/C20H17BrN2O5S/c1-11-10-16(23-19(25)15-4-3-9-27-15)29-17(11)20(26)28-12(2)18(24)22-14-7-5-13(21)6-8-14/h3-10,12H,1-2H3,(H,22,24)(H,23,25). The molecule has 0 radical (unpaired) electrons. The van der Waals surface area contributed by atoms with Gasteiger partial charge in [0.2, 0.25) is 0 Å².